The van der Waals surface area contributed by atoms with Gasteiger partial charge in [-0.3, -0.25) is 9.59 Å². The average molecular weight is 457 g/mol. The first-order chi connectivity index (χ1) is 14.2. The van der Waals surface area contributed by atoms with E-state index in [1.54, 1.807) is 18.2 Å². The van der Waals surface area contributed by atoms with Crippen LogP contribution in [0.4, 0.5) is 0 Å². The van der Waals surface area contributed by atoms with Gasteiger partial charge in [0.2, 0.25) is 5.91 Å². The molecule has 1 aromatic carbocycles. The Morgan fingerprint density at radius 2 is 2.00 bits per heavy atom. The lowest BCUT2D eigenvalue weighted by Gasteiger charge is -2.34. The summed E-state index contributed by atoms with van der Waals surface area (Å²) in [5, 5.41) is 7.11. The number of nitrogens with one attached hydrogen (secondary N) is 2. The van der Waals surface area contributed by atoms with Crippen molar-refractivity contribution in [2.45, 2.75) is 58.5 Å². The van der Waals surface area contributed by atoms with Crippen LogP contribution in [0.5, 0.6) is 0 Å². The van der Waals surface area contributed by atoms with Gasteiger partial charge in [0.15, 0.2) is 0 Å². The Morgan fingerprint density at radius 1 is 1.30 bits per heavy atom. The van der Waals surface area contributed by atoms with Gasteiger partial charge in [0, 0.05) is 31.2 Å². The number of nitrogens with two attached hydrogens (primary N) is 1. The zero-order valence-corrected chi connectivity index (χ0v) is 19.7. The highest BCUT2D eigenvalue weighted by Crippen LogP contribution is 2.28. The summed E-state index contributed by atoms with van der Waals surface area (Å²) < 4.78 is 0. The van der Waals surface area contributed by atoms with Crippen LogP contribution in [0, 0.1) is 5.41 Å². The molecule has 2 atom stereocenters. The van der Waals surface area contributed by atoms with Crippen LogP contribution in [0.1, 0.15) is 56.8 Å². The van der Waals surface area contributed by atoms with E-state index in [0.717, 1.165) is 25.8 Å². The second kappa shape index (κ2) is 11.3. The van der Waals surface area contributed by atoms with Gasteiger partial charge in [-0.05, 0) is 55.8 Å². The number of nitrogens with zero attached hydrogens (tertiary/aromatic N) is 1. The lowest BCUT2D eigenvalue weighted by molar-refractivity contribution is -0.134. The van der Waals surface area contributed by atoms with Gasteiger partial charge in [-0.1, -0.05) is 44.0 Å². The van der Waals surface area contributed by atoms with E-state index < -0.39 is 0 Å². The third kappa shape index (κ3) is 6.58. The van der Waals surface area contributed by atoms with E-state index in [1.165, 1.54) is 0 Å². The largest absolute Gasteiger partial charge is 0.350 e. The smallest absolute Gasteiger partial charge is 0.251 e. The van der Waals surface area contributed by atoms with Crippen molar-refractivity contribution in [3.63, 3.8) is 0 Å². The van der Waals surface area contributed by atoms with E-state index in [4.69, 9.17) is 28.9 Å². The molecule has 6 nitrogen and oxygen atoms in total. The predicted molar refractivity (Wildman–Crippen MR) is 123 cm³/mol. The molecule has 0 bridgehead atoms. The number of amides is 2. The molecule has 1 fully saturated rings. The lowest BCUT2D eigenvalue weighted by atomic mass is 9.84. The third-order valence-corrected chi connectivity index (χ3v) is 6.96. The quantitative estimate of drug-likeness (QED) is 0.530. The summed E-state index contributed by atoms with van der Waals surface area (Å²) in [5.74, 6) is -0.116. The van der Waals surface area contributed by atoms with Crippen molar-refractivity contribution in [3.8, 4) is 0 Å². The molecule has 1 heterocycles. The molecule has 0 aliphatic carbocycles. The number of carbonyl (C=O) groups excluding carboxylic acids is 2. The van der Waals surface area contributed by atoms with Gasteiger partial charge in [-0.2, -0.15) is 0 Å². The lowest BCUT2D eigenvalue weighted by Crippen LogP contribution is -2.50. The Hall–Kier alpha value is -1.34. The number of rotatable bonds is 9. The molecule has 168 valence electrons. The zero-order chi connectivity index (χ0) is 22.3. The molecule has 0 spiro atoms. The molecular formula is C22H34Cl2N4O2. The normalized spacial score (nSPS) is 20.2. The Bertz CT molecular complexity index is 740. The van der Waals surface area contributed by atoms with E-state index in [0.29, 0.717) is 41.7 Å². The monoisotopic (exact) mass is 456 g/mol. The number of carbonyl (C=O) groups is 2. The van der Waals surface area contributed by atoms with E-state index in [1.807, 2.05) is 4.90 Å². The Balaban J connectivity index is 2.04. The fourth-order valence-electron chi connectivity index (χ4n) is 3.66. The summed E-state index contributed by atoms with van der Waals surface area (Å²) in [4.78, 5) is 27.6. The van der Waals surface area contributed by atoms with Crippen LogP contribution >= 0.6 is 23.2 Å². The van der Waals surface area contributed by atoms with Crippen molar-refractivity contribution in [1.82, 2.24) is 15.5 Å². The highest BCUT2D eigenvalue weighted by Gasteiger charge is 2.34. The summed E-state index contributed by atoms with van der Waals surface area (Å²) >= 11 is 11.9. The summed E-state index contributed by atoms with van der Waals surface area (Å²) in [6, 6.07) is 4.45. The number of benzene rings is 1. The first-order valence-electron chi connectivity index (χ1n) is 10.7. The molecular weight excluding hydrogens is 423 g/mol. The Kier molecular flexibility index (Phi) is 9.41. The first-order valence-corrected chi connectivity index (χ1v) is 11.5. The Labute approximate surface area is 189 Å². The van der Waals surface area contributed by atoms with Crippen LogP contribution in [-0.4, -0.2) is 55.0 Å². The maximum Gasteiger partial charge on any atom is 0.251 e. The van der Waals surface area contributed by atoms with E-state index in [2.05, 4.69) is 31.4 Å². The SMILES string of the molecule is CCC(C)(CC)CN1CC[C@H](CNC(=O)c2ccc(Cl)c(Cl)c2)N[C@H](CCN)C1=O. The molecule has 8 heteroatoms. The van der Waals surface area contributed by atoms with Gasteiger partial charge in [-0.25, -0.2) is 0 Å². The van der Waals surface area contributed by atoms with Crippen molar-refractivity contribution in [3.05, 3.63) is 33.8 Å². The topological polar surface area (TPSA) is 87.5 Å². The maximum absolute atomic E-state index is 13.1. The van der Waals surface area contributed by atoms with Crippen molar-refractivity contribution in [2.75, 3.05) is 26.2 Å². The van der Waals surface area contributed by atoms with Crippen molar-refractivity contribution >= 4 is 35.0 Å². The molecule has 4 N–H and O–H groups in total. The van der Waals surface area contributed by atoms with Gasteiger partial charge in [0.25, 0.3) is 5.91 Å². The second-order valence-electron chi connectivity index (χ2n) is 8.40. The number of hydrogen-bond donors (Lipinski definition) is 3. The number of hydrogen-bond acceptors (Lipinski definition) is 4. The summed E-state index contributed by atoms with van der Waals surface area (Å²) in [6.07, 6.45) is 3.37. The highest BCUT2D eigenvalue weighted by atomic mass is 35.5. The fraction of sp³-hybridized carbons (Fsp3) is 0.636. The molecule has 1 aliphatic heterocycles. The van der Waals surface area contributed by atoms with Crippen LogP contribution in [0.25, 0.3) is 0 Å². The minimum Gasteiger partial charge on any atom is -0.350 e. The van der Waals surface area contributed by atoms with Crippen molar-refractivity contribution in [1.29, 1.82) is 0 Å². The number of halogens is 2. The predicted octanol–water partition coefficient (Wildman–Crippen LogP) is 3.46. The molecule has 30 heavy (non-hydrogen) atoms. The minimum atomic E-state index is -0.331. The summed E-state index contributed by atoms with van der Waals surface area (Å²) in [5.41, 5.74) is 6.32. The average Bonchev–Trinajstić information content (AvgIpc) is 2.88. The van der Waals surface area contributed by atoms with Crippen LogP contribution in [0.15, 0.2) is 18.2 Å². The highest BCUT2D eigenvalue weighted by molar-refractivity contribution is 6.42. The van der Waals surface area contributed by atoms with E-state index in [9.17, 15) is 9.59 Å². The molecule has 1 aliphatic rings. The standard InChI is InChI=1S/C22H34Cl2N4O2/c1-4-22(3,5-2)14-28-11-9-16(27-19(8-10-25)21(28)30)13-26-20(29)15-6-7-17(23)18(24)12-15/h6-7,12,16,19,27H,4-5,8-11,13-14,25H2,1-3H3,(H,26,29)/t16-,19-/m1/s1. The van der Waals surface area contributed by atoms with Crippen LogP contribution in [-0.2, 0) is 4.79 Å². The van der Waals surface area contributed by atoms with Gasteiger partial charge in [0.05, 0.1) is 16.1 Å². The van der Waals surface area contributed by atoms with Gasteiger partial charge >= 0.3 is 0 Å². The molecule has 1 aromatic rings. The van der Waals surface area contributed by atoms with E-state index in [-0.39, 0.29) is 29.3 Å². The molecule has 0 saturated carbocycles. The summed E-state index contributed by atoms with van der Waals surface area (Å²) in [6.45, 7) is 8.81. The van der Waals surface area contributed by atoms with Crippen LogP contribution in [0.3, 0.4) is 0 Å². The molecule has 2 amide bonds. The molecule has 2 rings (SSSR count). The van der Waals surface area contributed by atoms with Crippen molar-refractivity contribution in [2.24, 2.45) is 11.1 Å². The van der Waals surface area contributed by atoms with E-state index >= 15 is 0 Å². The van der Waals surface area contributed by atoms with Gasteiger partial charge < -0.3 is 21.3 Å². The minimum absolute atomic E-state index is 0.0169. The Morgan fingerprint density at radius 3 is 2.60 bits per heavy atom. The van der Waals surface area contributed by atoms with Gasteiger partial charge in [0.1, 0.15) is 0 Å². The summed E-state index contributed by atoms with van der Waals surface area (Å²) in [7, 11) is 0. The zero-order valence-electron chi connectivity index (χ0n) is 18.1. The van der Waals surface area contributed by atoms with Crippen LogP contribution < -0.4 is 16.4 Å². The van der Waals surface area contributed by atoms with Gasteiger partial charge in [-0.15, -0.1) is 0 Å². The molecule has 1 saturated heterocycles. The third-order valence-electron chi connectivity index (χ3n) is 6.22. The molecule has 0 radical (unpaired) electrons. The van der Waals surface area contributed by atoms with Crippen LogP contribution in [0.2, 0.25) is 10.0 Å². The fourth-order valence-corrected chi connectivity index (χ4v) is 3.96. The molecule has 0 unspecified atom stereocenters. The second-order valence-corrected chi connectivity index (χ2v) is 9.21. The molecule has 0 aromatic heterocycles. The van der Waals surface area contributed by atoms with Crippen molar-refractivity contribution < 1.29 is 9.59 Å². The first kappa shape index (κ1) is 24.9. The maximum atomic E-state index is 13.1.